The molecule has 4 rings (SSSR count). The van der Waals surface area contributed by atoms with Gasteiger partial charge in [-0.15, -0.1) is 0 Å². The minimum Gasteiger partial charge on any atom is -0.343 e. The maximum atomic E-state index is 12.6. The van der Waals surface area contributed by atoms with E-state index in [1.54, 1.807) is 29.2 Å². The fourth-order valence-electron chi connectivity index (χ4n) is 4.27. The number of nitrogens with zero attached hydrogens (tertiary/aromatic N) is 3. The van der Waals surface area contributed by atoms with Crippen molar-refractivity contribution in [2.24, 2.45) is 0 Å². The molecule has 0 atom stereocenters. The number of benzene rings is 2. The number of carbonyl (C=O) groups is 3. The van der Waals surface area contributed by atoms with Gasteiger partial charge in [-0.25, -0.2) is 0 Å². The summed E-state index contributed by atoms with van der Waals surface area (Å²) in [5, 5.41) is 2.73. The quantitative estimate of drug-likeness (QED) is 0.757. The summed E-state index contributed by atoms with van der Waals surface area (Å²) in [6.07, 6.45) is 1.44. The third kappa shape index (κ3) is 5.16. The summed E-state index contributed by atoms with van der Waals surface area (Å²) < 4.78 is 0. The van der Waals surface area contributed by atoms with Gasteiger partial charge < -0.3 is 15.1 Å². The Morgan fingerprint density at radius 2 is 1.66 bits per heavy atom. The molecule has 0 aromatic heterocycles. The summed E-state index contributed by atoms with van der Waals surface area (Å²) >= 11 is 0. The van der Waals surface area contributed by atoms with Gasteiger partial charge in [-0.05, 0) is 48.7 Å². The standard InChI is InChI=1S/C25H30N4O3/c1-19-5-2-3-6-21(19)18-27-13-15-28(16-14-27)24(31)17-26-25(32)20-8-10-22(11-9-20)29-12-4-7-23(29)30/h2-3,5-6,8-11H,4,7,12-18H2,1H3,(H,26,32). The molecule has 2 fully saturated rings. The van der Waals surface area contributed by atoms with Gasteiger partial charge in [0, 0.05) is 56.9 Å². The summed E-state index contributed by atoms with van der Waals surface area (Å²) in [7, 11) is 0. The Kier molecular flexibility index (Phi) is 6.85. The molecule has 32 heavy (non-hydrogen) atoms. The molecular formula is C25H30N4O3. The Hall–Kier alpha value is -3.19. The molecule has 0 radical (unpaired) electrons. The lowest BCUT2D eigenvalue weighted by Crippen LogP contribution is -2.50. The van der Waals surface area contributed by atoms with Crippen LogP contribution in [0.1, 0.15) is 34.3 Å². The van der Waals surface area contributed by atoms with Gasteiger partial charge in [-0.1, -0.05) is 24.3 Å². The molecule has 3 amide bonds. The van der Waals surface area contributed by atoms with Crippen LogP contribution in [0.3, 0.4) is 0 Å². The van der Waals surface area contributed by atoms with Gasteiger partial charge in [0.15, 0.2) is 0 Å². The molecule has 0 aliphatic carbocycles. The number of hydrogen-bond donors (Lipinski definition) is 1. The van der Waals surface area contributed by atoms with E-state index in [9.17, 15) is 14.4 Å². The molecule has 7 heteroatoms. The smallest absolute Gasteiger partial charge is 0.251 e. The molecule has 2 saturated heterocycles. The van der Waals surface area contributed by atoms with Crippen molar-refractivity contribution >= 4 is 23.4 Å². The highest BCUT2D eigenvalue weighted by Crippen LogP contribution is 2.21. The number of carbonyl (C=O) groups excluding carboxylic acids is 3. The van der Waals surface area contributed by atoms with Gasteiger partial charge in [0.05, 0.1) is 6.54 Å². The Morgan fingerprint density at radius 3 is 2.31 bits per heavy atom. The first kappa shape index (κ1) is 22.0. The van der Waals surface area contributed by atoms with E-state index in [0.717, 1.165) is 38.3 Å². The molecule has 2 aromatic rings. The summed E-state index contributed by atoms with van der Waals surface area (Å²) in [6, 6.07) is 15.4. The lowest BCUT2D eigenvalue weighted by Gasteiger charge is -2.35. The van der Waals surface area contributed by atoms with E-state index < -0.39 is 0 Å². The van der Waals surface area contributed by atoms with Crippen molar-refractivity contribution in [2.75, 3.05) is 44.2 Å². The predicted molar refractivity (Wildman–Crippen MR) is 123 cm³/mol. The SMILES string of the molecule is Cc1ccccc1CN1CCN(C(=O)CNC(=O)c2ccc(N3CCCC3=O)cc2)CC1. The zero-order chi connectivity index (χ0) is 22.5. The molecule has 0 bridgehead atoms. The number of hydrogen-bond acceptors (Lipinski definition) is 4. The van der Waals surface area contributed by atoms with Crippen LogP contribution in [0.15, 0.2) is 48.5 Å². The van der Waals surface area contributed by atoms with Gasteiger partial charge in [-0.2, -0.15) is 0 Å². The highest BCUT2D eigenvalue weighted by atomic mass is 16.2. The monoisotopic (exact) mass is 434 g/mol. The van der Waals surface area contributed by atoms with Crippen LogP contribution >= 0.6 is 0 Å². The minimum absolute atomic E-state index is 0.0109. The van der Waals surface area contributed by atoms with Gasteiger partial charge in [0.1, 0.15) is 0 Å². The van der Waals surface area contributed by atoms with Crippen molar-refractivity contribution in [3.05, 3.63) is 65.2 Å². The molecule has 1 N–H and O–H groups in total. The first-order chi connectivity index (χ1) is 15.5. The lowest BCUT2D eigenvalue weighted by molar-refractivity contribution is -0.131. The van der Waals surface area contributed by atoms with Crippen molar-refractivity contribution in [1.82, 2.24) is 15.1 Å². The van der Waals surface area contributed by atoms with E-state index in [1.807, 2.05) is 11.0 Å². The second-order valence-electron chi connectivity index (χ2n) is 8.46. The molecule has 7 nitrogen and oxygen atoms in total. The van der Waals surface area contributed by atoms with Crippen molar-refractivity contribution in [1.29, 1.82) is 0 Å². The van der Waals surface area contributed by atoms with E-state index in [1.165, 1.54) is 11.1 Å². The summed E-state index contributed by atoms with van der Waals surface area (Å²) in [4.78, 5) is 42.8. The predicted octanol–water partition coefficient (Wildman–Crippen LogP) is 2.20. The largest absolute Gasteiger partial charge is 0.343 e. The highest BCUT2D eigenvalue weighted by Gasteiger charge is 2.23. The third-order valence-electron chi connectivity index (χ3n) is 6.29. The topological polar surface area (TPSA) is 73.0 Å². The van der Waals surface area contributed by atoms with Gasteiger partial charge in [-0.3, -0.25) is 19.3 Å². The van der Waals surface area contributed by atoms with Crippen LogP contribution in [-0.2, 0) is 16.1 Å². The zero-order valence-electron chi connectivity index (χ0n) is 18.5. The zero-order valence-corrected chi connectivity index (χ0v) is 18.5. The Morgan fingerprint density at radius 1 is 0.938 bits per heavy atom. The van der Waals surface area contributed by atoms with Crippen molar-refractivity contribution in [3.8, 4) is 0 Å². The maximum absolute atomic E-state index is 12.6. The normalized spacial score (nSPS) is 17.0. The average molecular weight is 435 g/mol. The van der Waals surface area contributed by atoms with E-state index in [0.29, 0.717) is 25.1 Å². The van der Waals surface area contributed by atoms with Crippen LogP contribution in [0, 0.1) is 6.92 Å². The Labute approximate surface area is 189 Å². The second kappa shape index (κ2) is 9.96. The molecule has 2 heterocycles. The Balaban J connectivity index is 1.22. The molecular weight excluding hydrogens is 404 g/mol. The third-order valence-corrected chi connectivity index (χ3v) is 6.29. The van der Waals surface area contributed by atoms with E-state index >= 15 is 0 Å². The number of piperazine rings is 1. The van der Waals surface area contributed by atoms with Crippen molar-refractivity contribution in [2.45, 2.75) is 26.3 Å². The first-order valence-electron chi connectivity index (χ1n) is 11.2. The highest BCUT2D eigenvalue weighted by molar-refractivity contribution is 5.98. The van der Waals surface area contributed by atoms with Crippen LogP contribution in [0.25, 0.3) is 0 Å². The minimum atomic E-state index is -0.282. The molecule has 168 valence electrons. The lowest BCUT2D eigenvalue weighted by atomic mass is 10.1. The van der Waals surface area contributed by atoms with Gasteiger partial charge >= 0.3 is 0 Å². The van der Waals surface area contributed by atoms with Crippen molar-refractivity contribution in [3.63, 3.8) is 0 Å². The number of aryl methyl sites for hydroxylation is 1. The second-order valence-corrected chi connectivity index (χ2v) is 8.46. The fourth-order valence-corrected chi connectivity index (χ4v) is 4.27. The molecule has 2 aliphatic heterocycles. The fraction of sp³-hybridized carbons (Fsp3) is 0.400. The van der Waals surface area contributed by atoms with Crippen molar-refractivity contribution < 1.29 is 14.4 Å². The van der Waals surface area contributed by atoms with Crippen LogP contribution in [0.5, 0.6) is 0 Å². The molecule has 0 spiro atoms. The summed E-state index contributed by atoms with van der Waals surface area (Å²) in [6.45, 7) is 6.70. The molecule has 0 unspecified atom stereocenters. The van der Waals surface area contributed by atoms with Gasteiger partial charge in [0.2, 0.25) is 11.8 Å². The number of amides is 3. The summed E-state index contributed by atoms with van der Waals surface area (Å²) in [5.74, 6) is -0.226. The van der Waals surface area contributed by atoms with Crippen LogP contribution in [-0.4, -0.2) is 66.8 Å². The van der Waals surface area contributed by atoms with E-state index in [4.69, 9.17) is 0 Å². The molecule has 0 saturated carbocycles. The van der Waals surface area contributed by atoms with E-state index in [-0.39, 0.29) is 24.3 Å². The first-order valence-corrected chi connectivity index (χ1v) is 11.2. The van der Waals surface area contributed by atoms with Gasteiger partial charge in [0.25, 0.3) is 5.91 Å². The number of nitrogens with one attached hydrogen (secondary N) is 1. The number of anilines is 1. The number of rotatable bonds is 6. The van der Waals surface area contributed by atoms with Crippen LogP contribution < -0.4 is 10.2 Å². The van der Waals surface area contributed by atoms with E-state index in [2.05, 4.69) is 35.3 Å². The molecule has 2 aliphatic rings. The van der Waals surface area contributed by atoms with Crippen LogP contribution in [0.2, 0.25) is 0 Å². The average Bonchev–Trinajstić information content (AvgIpc) is 3.25. The van der Waals surface area contributed by atoms with Crippen LogP contribution in [0.4, 0.5) is 5.69 Å². The Bertz CT molecular complexity index is 981. The summed E-state index contributed by atoms with van der Waals surface area (Å²) in [5.41, 5.74) is 3.90. The molecule has 2 aromatic carbocycles. The maximum Gasteiger partial charge on any atom is 0.251 e.